The van der Waals surface area contributed by atoms with Gasteiger partial charge in [0.1, 0.15) is 18.2 Å². The van der Waals surface area contributed by atoms with E-state index in [1.54, 1.807) is 6.07 Å². The number of hydrogen-bond donors (Lipinski definition) is 1. The molecule has 0 saturated carbocycles. The van der Waals surface area contributed by atoms with Crippen LogP contribution in [0.3, 0.4) is 0 Å². The zero-order valence-corrected chi connectivity index (χ0v) is 10.9. The Kier molecular flexibility index (Phi) is 3.58. The molecule has 0 unspecified atom stereocenters. The highest BCUT2D eigenvalue weighted by atomic mass is 16.4. The number of imide groups is 1. The van der Waals surface area contributed by atoms with Crippen LogP contribution in [0.4, 0.5) is 0 Å². The number of allylic oxidation sites excluding steroid dienone is 3. The molecule has 2 rings (SSSR count). The first-order valence-electron chi connectivity index (χ1n) is 5.83. The third kappa shape index (κ3) is 2.52. The quantitative estimate of drug-likeness (QED) is 0.464. The van der Waals surface area contributed by atoms with E-state index in [1.165, 1.54) is 19.1 Å². The van der Waals surface area contributed by atoms with Crippen molar-refractivity contribution in [2.75, 3.05) is 6.54 Å². The number of carbonyl (C=O) groups is 3. The Morgan fingerprint density at radius 3 is 2.71 bits per heavy atom. The standard InChI is InChI=1S/C15H8N2O4/c1-9-11(6-10-4-2-3-5-10)14(20)17(8-13(18)19)15(21)12(9)7-16/h4,6H,8H2,1H3,(H,18,19)/b11-6-. The molecular weight excluding hydrogens is 272 g/mol. The minimum absolute atomic E-state index is 0.0802. The first-order chi connectivity index (χ1) is 9.95. The number of hydrogen-bond acceptors (Lipinski definition) is 4. The van der Waals surface area contributed by atoms with Gasteiger partial charge in [0, 0.05) is 17.2 Å². The summed E-state index contributed by atoms with van der Waals surface area (Å²) >= 11 is 0. The lowest BCUT2D eigenvalue weighted by molar-refractivity contribution is -0.149. The minimum Gasteiger partial charge on any atom is -0.480 e. The normalized spacial score (nSPS) is 18.6. The lowest BCUT2D eigenvalue weighted by Crippen LogP contribution is -2.45. The second-order valence-electron chi connectivity index (χ2n) is 4.25. The van der Waals surface area contributed by atoms with E-state index >= 15 is 0 Å². The zero-order chi connectivity index (χ0) is 15.6. The fraction of sp³-hybridized carbons (Fsp3) is 0.133. The summed E-state index contributed by atoms with van der Waals surface area (Å²) in [4.78, 5) is 35.6. The molecular formula is C15H8N2O4. The Morgan fingerprint density at radius 2 is 2.19 bits per heavy atom. The van der Waals surface area contributed by atoms with Gasteiger partial charge in [0.25, 0.3) is 11.8 Å². The van der Waals surface area contributed by atoms with E-state index in [-0.39, 0.29) is 16.7 Å². The van der Waals surface area contributed by atoms with E-state index < -0.39 is 24.3 Å². The van der Waals surface area contributed by atoms with Gasteiger partial charge in [-0.3, -0.25) is 19.3 Å². The van der Waals surface area contributed by atoms with Crippen molar-refractivity contribution in [3.8, 4) is 6.07 Å². The fourth-order valence-electron chi connectivity index (χ4n) is 1.90. The predicted molar refractivity (Wildman–Crippen MR) is 69.4 cm³/mol. The van der Waals surface area contributed by atoms with Crippen molar-refractivity contribution in [1.29, 1.82) is 5.26 Å². The molecule has 21 heavy (non-hydrogen) atoms. The van der Waals surface area contributed by atoms with Crippen molar-refractivity contribution in [3.05, 3.63) is 51.6 Å². The van der Waals surface area contributed by atoms with Crippen LogP contribution in [-0.2, 0) is 14.4 Å². The Balaban J connectivity index is 2.56. The molecule has 6 heteroatoms. The molecule has 0 fully saturated rings. The number of nitriles is 1. The van der Waals surface area contributed by atoms with Crippen LogP contribution in [0, 0.1) is 11.3 Å². The summed E-state index contributed by atoms with van der Waals surface area (Å²) in [5.41, 5.74) is 8.43. The number of nitrogens with zero attached hydrogens (tertiary/aromatic N) is 2. The van der Waals surface area contributed by atoms with Gasteiger partial charge in [0.15, 0.2) is 0 Å². The molecule has 2 amide bonds. The molecule has 0 spiro atoms. The van der Waals surface area contributed by atoms with Gasteiger partial charge >= 0.3 is 5.97 Å². The topological polar surface area (TPSA) is 98.5 Å². The van der Waals surface area contributed by atoms with Crippen LogP contribution in [0.1, 0.15) is 6.92 Å². The molecule has 0 bridgehead atoms. The largest absolute Gasteiger partial charge is 0.480 e. The van der Waals surface area contributed by atoms with Crippen LogP contribution in [0.5, 0.6) is 0 Å². The van der Waals surface area contributed by atoms with Crippen LogP contribution in [0.25, 0.3) is 0 Å². The van der Waals surface area contributed by atoms with E-state index in [9.17, 15) is 14.4 Å². The van der Waals surface area contributed by atoms with Gasteiger partial charge < -0.3 is 5.11 Å². The Morgan fingerprint density at radius 1 is 1.48 bits per heavy atom. The maximum atomic E-state index is 12.3. The SMILES string of the molecule is CC1=C(C#N)C(=O)N(CC(=O)O)C(=O)/C1=C\C1=C=C=C=C1. The summed E-state index contributed by atoms with van der Waals surface area (Å²) in [5, 5.41) is 17.8. The lowest BCUT2D eigenvalue weighted by atomic mass is 9.94. The summed E-state index contributed by atoms with van der Waals surface area (Å²) in [6.45, 7) is 0.672. The summed E-state index contributed by atoms with van der Waals surface area (Å²) < 4.78 is 0. The van der Waals surface area contributed by atoms with Crippen molar-refractivity contribution < 1.29 is 19.5 Å². The number of aliphatic carboxylic acids is 1. The summed E-state index contributed by atoms with van der Waals surface area (Å²) in [5.74, 6) is -2.99. The lowest BCUT2D eigenvalue weighted by Gasteiger charge is -2.25. The average Bonchev–Trinajstić information content (AvgIpc) is 2.93. The van der Waals surface area contributed by atoms with Crippen molar-refractivity contribution in [2.45, 2.75) is 6.92 Å². The molecule has 0 aromatic rings. The maximum absolute atomic E-state index is 12.3. The molecule has 1 heterocycles. The third-order valence-electron chi connectivity index (χ3n) is 2.93. The molecule has 2 aliphatic rings. The second kappa shape index (κ2) is 5.34. The molecule has 1 aliphatic heterocycles. The van der Waals surface area contributed by atoms with E-state index in [0.717, 1.165) is 0 Å². The second-order valence-corrected chi connectivity index (χ2v) is 4.25. The number of amides is 2. The van der Waals surface area contributed by atoms with Gasteiger partial charge in [-0.25, -0.2) is 0 Å². The highest BCUT2D eigenvalue weighted by molar-refractivity contribution is 6.19. The van der Waals surface area contributed by atoms with E-state index in [4.69, 9.17) is 10.4 Å². The van der Waals surface area contributed by atoms with Crippen molar-refractivity contribution in [1.82, 2.24) is 4.90 Å². The van der Waals surface area contributed by atoms with Gasteiger partial charge in [-0.05, 0) is 24.3 Å². The van der Waals surface area contributed by atoms with Gasteiger partial charge in [-0.2, -0.15) is 5.26 Å². The number of carboxylic acids is 1. The Labute approximate surface area is 119 Å². The molecule has 0 aromatic heterocycles. The summed E-state index contributed by atoms with van der Waals surface area (Å²) in [6.07, 6.45) is 2.95. The number of carboxylic acid groups (broad SMARTS) is 1. The fourth-order valence-corrected chi connectivity index (χ4v) is 1.90. The smallest absolute Gasteiger partial charge is 0.323 e. The molecule has 6 nitrogen and oxygen atoms in total. The van der Waals surface area contributed by atoms with Crippen molar-refractivity contribution >= 4 is 17.8 Å². The van der Waals surface area contributed by atoms with Crippen LogP contribution in [0.15, 0.2) is 51.6 Å². The molecule has 1 N–H and O–H groups in total. The van der Waals surface area contributed by atoms with Crippen molar-refractivity contribution in [2.24, 2.45) is 0 Å². The molecule has 0 aromatic carbocycles. The molecule has 0 atom stereocenters. The third-order valence-corrected chi connectivity index (χ3v) is 2.93. The highest BCUT2D eigenvalue weighted by Crippen LogP contribution is 2.26. The first-order valence-corrected chi connectivity index (χ1v) is 5.83. The molecule has 0 radical (unpaired) electrons. The molecule has 1 aliphatic carbocycles. The molecule has 0 saturated heterocycles. The van der Waals surface area contributed by atoms with Crippen LogP contribution in [-0.4, -0.2) is 34.3 Å². The maximum Gasteiger partial charge on any atom is 0.323 e. The van der Waals surface area contributed by atoms with Gasteiger partial charge in [-0.15, -0.1) is 0 Å². The van der Waals surface area contributed by atoms with Crippen LogP contribution < -0.4 is 0 Å². The Bertz CT molecular complexity index is 816. The van der Waals surface area contributed by atoms with Gasteiger partial charge in [0.05, 0.1) is 0 Å². The van der Waals surface area contributed by atoms with Crippen LogP contribution in [0.2, 0.25) is 0 Å². The monoisotopic (exact) mass is 280 g/mol. The number of carbonyl (C=O) groups excluding carboxylic acids is 2. The highest BCUT2D eigenvalue weighted by Gasteiger charge is 2.36. The van der Waals surface area contributed by atoms with Gasteiger partial charge in [-0.1, -0.05) is 11.5 Å². The summed E-state index contributed by atoms with van der Waals surface area (Å²) in [6, 6.07) is 1.71. The minimum atomic E-state index is -1.34. The van der Waals surface area contributed by atoms with E-state index in [1.807, 2.05) is 0 Å². The van der Waals surface area contributed by atoms with Gasteiger partial charge in [0.2, 0.25) is 0 Å². The van der Waals surface area contributed by atoms with Crippen molar-refractivity contribution in [3.63, 3.8) is 0 Å². The zero-order valence-electron chi connectivity index (χ0n) is 10.9. The predicted octanol–water partition coefficient (Wildman–Crippen LogP) is 0.612. The van der Waals surface area contributed by atoms with E-state index in [0.29, 0.717) is 10.5 Å². The van der Waals surface area contributed by atoms with Crippen LogP contribution >= 0.6 is 0 Å². The Hall–Kier alpha value is -3.34. The molecule has 102 valence electrons. The summed E-state index contributed by atoms with van der Waals surface area (Å²) in [7, 11) is 0. The van der Waals surface area contributed by atoms with E-state index in [2.05, 4.69) is 17.2 Å². The first kappa shape index (κ1) is 14.1. The number of rotatable bonds is 3. The average molecular weight is 280 g/mol.